The highest BCUT2D eigenvalue weighted by molar-refractivity contribution is 6.71. The summed E-state index contributed by atoms with van der Waals surface area (Å²) in [5.74, 6) is 0.755. The lowest BCUT2D eigenvalue weighted by Crippen LogP contribution is -2.43. The number of anilines is 2. The Morgan fingerprint density at radius 1 is 1.10 bits per heavy atom. The zero-order valence-corrected chi connectivity index (χ0v) is 24.1. The van der Waals surface area contributed by atoms with Gasteiger partial charge in [0.15, 0.2) is 14.9 Å². The van der Waals surface area contributed by atoms with Crippen LogP contribution in [0.3, 0.4) is 0 Å². The molecule has 0 aliphatic carbocycles. The molecule has 39 heavy (non-hydrogen) atoms. The predicted octanol–water partition coefficient (Wildman–Crippen LogP) is 4.02. The molecule has 3 heterocycles. The van der Waals surface area contributed by atoms with Crippen molar-refractivity contribution in [2.24, 2.45) is 5.92 Å². The number of benzene rings is 2. The van der Waals surface area contributed by atoms with Crippen molar-refractivity contribution in [1.29, 1.82) is 0 Å². The summed E-state index contributed by atoms with van der Waals surface area (Å²) >= 11 is 0. The van der Waals surface area contributed by atoms with E-state index in [1.54, 1.807) is 9.80 Å². The van der Waals surface area contributed by atoms with E-state index in [0.29, 0.717) is 12.3 Å². The van der Waals surface area contributed by atoms with Crippen LogP contribution in [0, 0.1) is 5.92 Å². The van der Waals surface area contributed by atoms with Gasteiger partial charge in [-0.2, -0.15) is 0 Å². The van der Waals surface area contributed by atoms with Gasteiger partial charge in [0, 0.05) is 17.8 Å². The van der Waals surface area contributed by atoms with E-state index in [2.05, 4.69) is 6.92 Å². The number of carbonyl (C=O) groups is 2. The maximum absolute atomic E-state index is 13.1. The van der Waals surface area contributed by atoms with Gasteiger partial charge in [-0.15, -0.1) is 0 Å². The van der Waals surface area contributed by atoms with Crippen molar-refractivity contribution in [3.63, 3.8) is 0 Å². The zero-order chi connectivity index (χ0) is 27.7. The van der Waals surface area contributed by atoms with Crippen LogP contribution in [0.2, 0.25) is 18.6 Å². The molecule has 0 aromatic heterocycles. The number of likely N-dealkylation sites (tertiary alicyclic amines) is 1. The molecule has 9 heteroatoms. The van der Waals surface area contributed by atoms with Gasteiger partial charge in [0.2, 0.25) is 5.91 Å². The summed E-state index contributed by atoms with van der Waals surface area (Å²) in [4.78, 5) is 40.4. The fraction of sp³-hybridized carbons (Fsp3) is 0.533. The number of para-hydroxylation sites is 2. The number of fused-ring (bicyclic) bond motifs is 1. The summed E-state index contributed by atoms with van der Waals surface area (Å²) in [5, 5.41) is 9.65. The number of nitrogens with zero attached hydrogens (tertiary/aromatic N) is 2. The maximum atomic E-state index is 13.1. The molecule has 2 saturated heterocycles. The third-order valence-electron chi connectivity index (χ3n) is 8.62. The van der Waals surface area contributed by atoms with Gasteiger partial charge in [-0.1, -0.05) is 31.2 Å². The van der Waals surface area contributed by atoms with Crippen LogP contribution in [0.25, 0.3) is 0 Å². The van der Waals surface area contributed by atoms with Gasteiger partial charge < -0.3 is 24.3 Å². The third kappa shape index (κ3) is 5.77. The first-order chi connectivity index (χ1) is 18.7. The number of amides is 2. The molecule has 0 spiro atoms. The van der Waals surface area contributed by atoms with E-state index in [1.165, 1.54) is 0 Å². The van der Waals surface area contributed by atoms with Crippen molar-refractivity contribution in [3.05, 3.63) is 54.1 Å². The van der Waals surface area contributed by atoms with Crippen LogP contribution in [0.1, 0.15) is 38.2 Å². The molecule has 2 aromatic carbocycles. The molecule has 5 rings (SSSR count). The second-order valence-electron chi connectivity index (χ2n) is 11.7. The molecule has 0 bridgehead atoms. The Labute approximate surface area is 231 Å². The number of rotatable bonds is 8. The van der Waals surface area contributed by atoms with E-state index in [1.807, 2.05) is 61.6 Å². The van der Waals surface area contributed by atoms with Crippen LogP contribution in [0.4, 0.5) is 11.4 Å². The summed E-state index contributed by atoms with van der Waals surface area (Å²) in [7, 11) is -2.59. The van der Waals surface area contributed by atoms with Crippen LogP contribution in [-0.2, 0) is 20.7 Å². The summed E-state index contributed by atoms with van der Waals surface area (Å²) in [6.45, 7) is 6.70. The average molecular weight is 553 g/mol. The number of carbonyl (C=O) groups excluding carboxylic acids is 2. The van der Waals surface area contributed by atoms with Gasteiger partial charge in [0.25, 0.3) is 5.91 Å². The predicted molar refractivity (Wildman–Crippen MR) is 152 cm³/mol. The van der Waals surface area contributed by atoms with Crippen molar-refractivity contribution < 1.29 is 29.0 Å². The molecule has 0 radical (unpaired) electrons. The lowest BCUT2D eigenvalue weighted by Gasteiger charge is -2.31. The molecular weight excluding hydrogens is 512 g/mol. The monoisotopic (exact) mass is 552 g/mol. The highest BCUT2D eigenvalue weighted by Gasteiger charge is 2.50. The zero-order valence-electron chi connectivity index (χ0n) is 23.1. The van der Waals surface area contributed by atoms with Crippen molar-refractivity contribution in [3.8, 4) is 5.75 Å². The van der Waals surface area contributed by atoms with Crippen LogP contribution in [-0.4, -0.2) is 72.9 Å². The third-order valence-corrected chi connectivity index (χ3v) is 11.2. The largest absolute Gasteiger partial charge is 0.482 e. The van der Waals surface area contributed by atoms with E-state index in [-0.39, 0.29) is 61.2 Å². The standard InChI is InChI=1S/C30H40N2O6Si/c1-20-25(38-27(30(20)39(2,3)36)17-28(34)31-16-6-7-23(31)18-33)15-12-21-10-13-22(14-11-21)32-24-8-4-5-9-26(24)37-19-29(32)35/h4-5,8-11,13-14,20,23,25,27,30,33,36H,6-7,12,15-19H2,1-3H3/t20-,23-,25+,27-,30+/m0/s1. The smallest absolute Gasteiger partial charge is 0.269 e. The van der Waals surface area contributed by atoms with Gasteiger partial charge in [0.05, 0.1) is 37.0 Å². The van der Waals surface area contributed by atoms with Crippen LogP contribution in [0.5, 0.6) is 5.75 Å². The molecule has 0 saturated carbocycles. The molecule has 3 aliphatic rings. The minimum Gasteiger partial charge on any atom is -0.482 e. The Morgan fingerprint density at radius 3 is 2.56 bits per heavy atom. The van der Waals surface area contributed by atoms with Gasteiger partial charge in [-0.25, -0.2) is 0 Å². The molecule has 2 N–H and O–H groups in total. The first-order valence-electron chi connectivity index (χ1n) is 14.1. The molecule has 0 unspecified atom stereocenters. The molecule has 3 aliphatic heterocycles. The number of hydrogen-bond acceptors (Lipinski definition) is 6. The molecule has 210 valence electrons. The number of aryl methyl sites for hydroxylation is 1. The van der Waals surface area contributed by atoms with Crippen LogP contribution >= 0.6 is 0 Å². The second kappa shape index (κ2) is 11.4. The topological polar surface area (TPSA) is 99.5 Å². The molecular formula is C30H40N2O6Si. The molecule has 2 fully saturated rings. The fourth-order valence-electron chi connectivity index (χ4n) is 6.76. The van der Waals surface area contributed by atoms with E-state index in [0.717, 1.165) is 42.6 Å². The van der Waals surface area contributed by atoms with E-state index >= 15 is 0 Å². The fourth-order valence-corrected chi connectivity index (χ4v) is 9.36. The number of aliphatic hydroxyl groups excluding tert-OH is 1. The normalized spacial score (nSPS) is 27.0. The van der Waals surface area contributed by atoms with Gasteiger partial charge in [0.1, 0.15) is 5.75 Å². The Kier molecular flexibility index (Phi) is 8.14. The Hall–Kier alpha value is -2.72. The lowest BCUT2D eigenvalue weighted by molar-refractivity contribution is -0.135. The molecule has 2 aromatic rings. The van der Waals surface area contributed by atoms with Crippen molar-refractivity contribution in [2.75, 3.05) is 24.7 Å². The Balaban J connectivity index is 1.24. The molecule has 5 atom stereocenters. The Bertz CT molecular complexity index is 1180. The SMILES string of the molecule is C[C@@H]1[C@@H]([Si](C)(C)O)[C@H](CC(=O)N2CCC[C@H]2CO)O[C@@H]1CCc1ccc(N2C(=O)COc3ccccc32)cc1. The van der Waals surface area contributed by atoms with E-state index in [9.17, 15) is 19.5 Å². The van der Waals surface area contributed by atoms with Gasteiger partial charge >= 0.3 is 0 Å². The Morgan fingerprint density at radius 2 is 1.85 bits per heavy atom. The first kappa shape index (κ1) is 27.8. The van der Waals surface area contributed by atoms with E-state index in [4.69, 9.17) is 9.47 Å². The van der Waals surface area contributed by atoms with Gasteiger partial charge in [-0.3, -0.25) is 14.5 Å². The summed E-state index contributed by atoms with van der Waals surface area (Å²) in [6.07, 6.45) is 3.22. The number of aliphatic hydroxyl groups is 1. The quantitative estimate of drug-likeness (QED) is 0.480. The van der Waals surface area contributed by atoms with Crippen LogP contribution < -0.4 is 9.64 Å². The number of hydrogen-bond donors (Lipinski definition) is 2. The minimum absolute atomic E-state index is 0.00897. The molecule has 2 amide bonds. The molecule has 8 nitrogen and oxygen atoms in total. The maximum Gasteiger partial charge on any atom is 0.269 e. The first-order valence-corrected chi connectivity index (χ1v) is 17.1. The van der Waals surface area contributed by atoms with Crippen molar-refractivity contribution >= 4 is 31.5 Å². The summed E-state index contributed by atoms with van der Waals surface area (Å²) in [6, 6.07) is 15.5. The lowest BCUT2D eigenvalue weighted by atomic mass is 9.95. The summed E-state index contributed by atoms with van der Waals surface area (Å²) in [5.41, 5.74) is 2.66. The summed E-state index contributed by atoms with van der Waals surface area (Å²) < 4.78 is 12.1. The van der Waals surface area contributed by atoms with Crippen molar-refractivity contribution in [1.82, 2.24) is 4.90 Å². The average Bonchev–Trinajstić information content (AvgIpc) is 3.52. The van der Waals surface area contributed by atoms with Gasteiger partial charge in [-0.05, 0) is 74.5 Å². The number of ether oxygens (including phenoxy) is 2. The highest BCUT2D eigenvalue weighted by atomic mass is 28.4. The second-order valence-corrected chi connectivity index (χ2v) is 15.7. The van der Waals surface area contributed by atoms with E-state index < -0.39 is 8.32 Å². The van der Waals surface area contributed by atoms with Crippen molar-refractivity contribution in [2.45, 2.75) is 75.9 Å². The minimum atomic E-state index is -2.59. The highest BCUT2D eigenvalue weighted by Crippen LogP contribution is 2.46. The van der Waals surface area contributed by atoms with Crippen LogP contribution in [0.15, 0.2) is 48.5 Å².